The van der Waals surface area contributed by atoms with Gasteiger partial charge in [0.15, 0.2) is 0 Å². The van der Waals surface area contributed by atoms with Crippen LogP contribution in [0.1, 0.15) is 40.5 Å². The molecule has 1 saturated heterocycles. The molecule has 7 heteroatoms. The van der Waals surface area contributed by atoms with Gasteiger partial charge in [-0.1, -0.05) is 18.2 Å². The van der Waals surface area contributed by atoms with E-state index >= 15 is 0 Å². The van der Waals surface area contributed by atoms with E-state index in [0.717, 1.165) is 0 Å². The summed E-state index contributed by atoms with van der Waals surface area (Å²) in [5.74, 6) is -0.390. The molecule has 1 heterocycles. The quantitative estimate of drug-likeness (QED) is 0.785. The van der Waals surface area contributed by atoms with Gasteiger partial charge in [-0.15, -0.1) is 0 Å². The van der Waals surface area contributed by atoms with Gasteiger partial charge >= 0.3 is 0 Å². The molecule has 3 amide bonds. The van der Waals surface area contributed by atoms with E-state index in [1.165, 1.54) is 0 Å². The average molecular weight is 395 g/mol. The van der Waals surface area contributed by atoms with Gasteiger partial charge in [-0.2, -0.15) is 0 Å². The minimum absolute atomic E-state index is 0.174. The van der Waals surface area contributed by atoms with Crippen LogP contribution in [0.3, 0.4) is 0 Å². The van der Waals surface area contributed by atoms with Crippen molar-refractivity contribution in [2.45, 2.75) is 19.8 Å². The maximum absolute atomic E-state index is 13.0. The minimum Gasteiger partial charge on any atom is -0.494 e. The molecule has 0 saturated carbocycles. The molecule has 0 unspecified atom stereocenters. The maximum Gasteiger partial charge on any atom is 0.255 e. The van der Waals surface area contributed by atoms with E-state index in [4.69, 9.17) is 10.5 Å². The van der Waals surface area contributed by atoms with Gasteiger partial charge in [0, 0.05) is 24.6 Å². The Kier molecular flexibility index (Phi) is 6.49. The van der Waals surface area contributed by atoms with Crippen LogP contribution >= 0.6 is 0 Å². The number of hydrogen-bond donors (Lipinski definition) is 2. The monoisotopic (exact) mass is 395 g/mol. The highest BCUT2D eigenvalue weighted by Crippen LogP contribution is 2.23. The zero-order chi connectivity index (χ0) is 20.8. The van der Waals surface area contributed by atoms with Gasteiger partial charge in [-0.3, -0.25) is 14.4 Å². The minimum atomic E-state index is -0.320. The number of carbonyl (C=O) groups excluding carboxylic acids is 3. The molecule has 3 N–H and O–H groups in total. The Morgan fingerprint density at radius 2 is 1.83 bits per heavy atom. The number of nitrogens with zero attached hydrogens (tertiary/aromatic N) is 1. The van der Waals surface area contributed by atoms with Crippen LogP contribution in [0.25, 0.3) is 0 Å². The number of benzene rings is 2. The predicted molar refractivity (Wildman–Crippen MR) is 110 cm³/mol. The van der Waals surface area contributed by atoms with Crippen molar-refractivity contribution >= 4 is 23.4 Å². The lowest BCUT2D eigenvalue weighted by Gasteiger charge is -2.31. The number of piperidine rings is 1. The lowest BCUT2D eigenvalue weighted by atomic mass is 9.95. The van der Waals surface area contributed by atoms with E-state index < -0.39 is 0 Å². The predicted octanol–water partition coefficient (Wildman–Crippen LogP) is 2.68. The van der Waals surface area contributed by atoms with Gasteiger partial charge in [-0.05, 0) is 50.1 Å². The van der Waals surface area contributed by atoms with E-state index in [1.807, 2.05) is 6.92 Å². The number of anilines is 1. The van der Waals surface area contributed by atoms with Crippen molar-refractivity contribution in [3.63, 3.8) is 0 Å². The molecule has 29 heavy (non-hydrogen) atoms. The third kappa shape index (κ3) is 4.93. The second kappa shape index (κ2) is 9.23. The maximum atomic E-state index is 13.0. The van der Waals surface area contributed by atoms with E-state index in [9.17, 15) is 14.4 Å². The Bertz CT molecular complexity index is 904. The highest BCUT2D eigenvalue weighted by molar-refractivity contribution is 6.09. The second-order valence-electron chi connectivity index (χ2n) is 6.93. The van der Waals surface area contributed by atoms with Crippen molar-refractivity contribution in [3.8, 4) is 5.75 Å². The number of nitrogens with two attached hydrogens (primary N) is 1. The second-order valence-corrected chi connectivity index (χ2v) is 6.93. The molecule has 0 bridgehead atoms. The molecule has 0 aromatic heterocycles. The van der Waals surface area contributed by atoms with Gasteiger partial charge < -0.3 is 20.7 Å². The fourth-order valence-electron chi connectivity index (χ4n) is 3.40. The topological polar surface area (TPSA) is 102 Å². The zero-order valence-corrected chi connectivity index (χ0v) is 16.4. The largest absolute Gasteiger partial charge is 0.494 e. The van der Waals surface area contributed by atoms with Gasteiger partial charge in [0.2, 0.25) is 5.91 Å². The number of primary amides is 1. The first kappa shape index (κ1) is 20.4. The molecule has 2 aromatic carbocycles. The average Bonchev–Trinajstić information content (AvgIpc) is 2.74. The van der Waals surface area contributed by atoms with Crippen LogP contribution in [0.15, 0.2) is 48.5 Å². The molecule has 1 fully saturated rings. The zero-order valence-electron chi connectivity index (χ0n) is 16.4. The summed E-state index contributed by atoms with van der Waals surface area (Å²) in [6, 6.07) is 13.8. The summed E-state index contributed by atoms with van der Waals surface area (Å²) in [6.07, 6.45) is 1.11. The first-order valence-corrected chi connectivity index (χ1v) is 9.71. The van der Waals surface area contributed by atoms with E-state index in [1.54, 1.807) is 53.4 Å². The van der Waals surface area contributed by atoms with Crippen LogP contribution in [0.2, 0.25) is 0 Å². The summed E-state index contributed by atoms with van der Waals surface area (Å²) in [5, 5.41) is 2.83. The molecule has 152 valence electrons. The molecule has 1 aliphatic heterocycles. The molecule has 0 spiro atoms. The standard InChI is InChI=1S/C22H25N3O4/c1-2-29-17-7-5-6-16(14-17)21(27)24-19-9-4-3-8-18(19)22(28)25-12-10-15(11-13-25)20(23)26/h3-9,14-15H,2,10-13H2,1H3,(H2,23,26)(H,24,27). The number of rotatable bonds is 6. The molecule has 0 aliphatic carbocycles. The number of nitrogens with one attached hydrogen (secondary N) is 1. The Morgan fingerprint density at radius 1 is 1.10 bits per heavy atom. The number of carbonyl (C=O) groups is 3. The van der Waals surface area contributed by atoms with Crippen molar-refractivity contribution in [2.24, 2.45) is 11.7 Å². The molecular weight excluding hydrogens is 370 g/mol. The Labute approximate surface area is 169 Å². The number of amides is 3. The fourth-order valence-corrected chi connectivity index (χ4v) is 3.40. The third-order valence-corrected chi connectivity index (χ3v) is 5.00. The van der Waals surface area contributed by atoms with E-state index in [-0.39, 0.29) is 23.6 Å². The van der Waals surface area contributed by atoms with Crippen molar-refractivity contribution in [3.05, 3.63) is 59.7 Å². The van der Waals surface area contributed by atoms with Gasteiger partial charge in [-0.25, -0.2) is 0 Å². The molecule has 1 aliphatic rings. The van der Waals surface area contributed by atoms with Crippen LogP contribution in [0.5, 0.6) is 5.75 Å². The summed E-state index contributed by atoms with van der Waals surface area (Å²) in [5.41, 5.74) is 6.67. The van der Waals surface area contributed by atoms with Crippen LogP contribution in [-0.4, -0.2) is 42.3 Å². The Balaban J connectivity index is 1.74. The summed E-state index contributed by atoms with van der Waals surface area (Å²) in [6.45, 7) is 3.31. The molecule has 0 atom stereocenters. The van der Waals surface area contributed by atoms with Crippen molar-refractivity contribution in [1.82, 2.24) is 4.90 Å². The lowest BCUT2D eigenvalue weighted by Crippen LogP contribution is -2.42. The summed E-state index contributed by atoms with van der Waals surface area (Å²) in [7, 11) is 0. The lowest BCUT2D eigenvalue weighted by molar-refractivity contribution is -0.123. The van der Waals surface area contributed by atoms with Crippen LogP contribution in [0.4, 0.5) is 5.69 Å². The number of ether oxygens (including phenoxy) is 1. The number of hydrogen-bond acceptors (Lipinski definition) is 4. The molecular formula is C22H25N3O4. The van der Waals surface area contributed by atoms with E-state index in [0.29, 0.717) is 55.1 Å². The van der Waals surface area contributed by atoms with Crippen molar-refractivity contribution in [1.29, 1.82) is 0 Å². The van der Waals surface area contributed by atoms with Crippen LogP contribution in [-0.2, 0) is 4.79 Å². The fraction of sp³-hybridized carbons (Fsp3) is 0.318. The Morgan fingerprint density at radius 3 is 2.52 bits per heavy atom. The normalized spacial score (nSPS) is 14.3. The first-order valence-electron chi connectivity index (χ1n) is 9.71. The SMILES string of the molecule is CCOc1cccc(C(=O)Nc2ccccc2C(=O)N2CCC(C(N)=O)CC2)c1. The smallest absolute Gasteiger partial charge is 0.255 e. The molecule has 7 nitrogen and oxygen atoms in total. The van der Waals surface area contributed by atoms with Crippen molar-refractivity contribution in [2.75, 3.05) is 25.0 Å². The first-order chi connectivity index (χ1) is 14.0. The van der Waals surface area contributed by atoms with E-state index in [2.05, 4.69) is 5.32 Å². The van der Waals surface area contributed by atoms with Gasteiger partial charge in [0.1, 0.15) is 5.75 Å². The number of para-hydroxylation sites is 1. The molecule has 0 radical (unpaired) electrons. The molecule has 2 aromatic rings. The third-order valence-electron chi connectivity index (χ3n) is 5.00. The Hall–Kier alpha value is -3.35. The highest BCUT2D eigenvalue weighted by atomic mass is 16.5. The molecule has 3 rings (SSSR count). The summed E-state index contributed by atoms with van der Waals surface area (Å²) in [4.78, 5) is 38.7. The van der Waals surface area contributed by atoms with Gasteiger partial charge in [0.25, 0.3) is 11.8 Å². The van der Waals surface area contributed by atoms with Crippen LogP contribution in [0, 0.1) is 5.92 Å². The highest BCUT2D eigenvalue weighted by Gasteiger charge is 2.27. The summed E-state index contributed by atoms with van der Waals surface area (Å²) < 4.78 is 5.44. The van der Waals surface area contributed by atoms with Crippen LogP contribution < -0.4 is 15.8 Å². The summed E-state index contributed by atoms with van der Waals surface area (Å²) >= 11 is 0. The number of likely N-dealkylation sites (tertiary alicyclic amines) is 1. The van der Waals surface area contributed by atoms with Crippen molar-refractivity contribution < 1.29 is 19.1 Å². The van der Waals surface area contributed by atoms with Gasteiger partial charge in [0.05, 0.1) is 17.9 Å².